The molecule has 1 unspecified atom stereocenters. The van der Waals surface area contributed by atoms with Gasteiger partial charge in [0.2, 0.25) is 5.88 Å². The number of fused-ring (bicyclic) bond motifs is 1. The number of aryl methyl sites for hydroxylation is 1. The number of aromatic nitrogens is 5. The lowest BCUT2D eigenvalue weighted by Gasteiger charge is -2.35. The molecular weight excluding hydrogens is 420 g/mol. The molecule has 0 spiro atoms. The van der Waals surface area contributed by atoms with E-state index in [0.717, 1.165) is 42.9 Å². The van der Waals surface area contributed by atoms with Gasteiger partial charge in [0.05, 0.1) is 36.3 Å². The van der Waals surface area contributed by atoms with E-state index in [1.807, 2.05) is 23.0 Å². The third kappa shape index (κ3) is 4.13. The van der Waals surface area contributed by atoms with Crippen molar-refractivity contribution in [1.29, 1.82) is 0 Å². The van der Waals surface area contributed by atoms with Crippen molar-refractivity contribution in [1.82, 2.24) is 24.3 Å². The number of hydrogen-bond donors (Lipinski definition) is 1. The number of methoxy groups -OCH3 is 1. The molecule has 1 saturated heterocycles. The molecule has 1 fully saturated rings. The molecule has 0 saturated carbocycles. The normalized spacial score (nSPS) is 21.6. The number of ether oxygens (including phenoxy) is 2. The summed E-state index contributed by atoms with van der Waals surface area (Å²) in [5.74, 6) is 1.55. The number of carbonyl (C=O) groups is 1. The van der Waals surface area contributed by atoms with E-state index in [2.05, 4.69) is 45.7 Å². The molecule has 0 bridgehead atoms. The van der Waals surface area contributed by atoms with E-state index in [9.17, 15) is 4.79 Å². The van der Waals surface area contributed by atoms with Crippen molar-refractivity contribution in [2.75, 3.05) is 19.0 Å². The monoisotopic (exact) mass is 450 g/mol. The highest BCUT2D eigenvalue weighted by atomic mass is 16.5. The second kappa shape index (κ2) is 8.30. The fourth-order valence-electron chi connectivity index (χ4n) is 4.86. The van der Waals surface area contributed by atoms with E-state index in [1.54, 1.807) is 12.3 Å². The van der Waals surface area contributed by atoms with Crippen LogP contribution in [-0.4, -0.2) is 49.5 Å². The maximum Gasteiger partial charge on any atom is 0.263 e. The van der Waals surface area contributed by atoms with Gasteiger partial charge in [0.1, 0.15) is 17.2 Å². The average Bonchev–Trinajstić information content (AvgIpc) is 3.49. The molecule has 33 heavy (non-hydrogen) atoms. The second-order valence-electron chi connectivity index (χ2n) is 9.47. The Balaban J connectivity index is 1.37. The van der Waals surface area contributed by atoms with Gasteiger partial charge in [0.25, 0.3) is 5.91 Å². The predicted octanol–water partition coefficient (Wildman–Crippen LogP) is 4.04. The van der Waals surface area contributed by atoms with Crippen LogP contribution in [0.3, 0.4) is 0 Å². The summed E-state index contributed by atoms with van der Waals surface area (Å²) >= 11 is 0. The van der Waals surface area contributed by atoms with Gasteiger partial charge in [0, 0.05) is 25.3 Å². The topological polar surface area (TPSA) is 96.1 Å². The number of nitrogens with zero attached hydrogens (tertiary/aromatic N) is 5. The van der Waals surface area contributed by atoms with Crippen molar-refractivity contribution in [2.24, 2.45) is 0 Å². The first-order chi connectivity index (χ1) is 15.8. The summed E-state index contributed by atoms with van der Waals surface area (Å²) in [6.45, 7) is 7.00. The molecule has 0 aliphatic carbocycles. The quantitative estimate of drug-likeness (QED) is 0.630. The van der Waals surface area contributed by atoms with Crippen LogP contribution in [0.15, 0.2) is 30.6 Å². The SMILES string of the molecule is COc1nn(C2CCOC(C)(C)C2)cc1C(=O)Nc1cccc(-c2cnc3n2[C@@H](C)CC3)n1. The smallest absolute Gasteiger partial charge is 0.263 e. The van der Waals surface area contributed by atoms with Crippen LogP contribution < -0.4 is 10.1 Å². The summed E-state index contributed by atoms with van der Waals surface area (Å²) < 4.78 is 15.3. The number of nitrogens with one attached hydrogen (secondary N) is 1. The lowest BCUT2D eigenvalue weighted by atomic mass is 9.94. The molecule has 5 heterocycles. The van der Waals surface area contributed by atoms with Crippen LogP contribution in [0.5, 0.6) is 5.88 Å². The lowest BCUT2D eigenvalue weighted by Crippen LogP contribution is -2.35. The molecular formula is C24H30N6O3. The van der Waals surface area contributed by atoms with E-state index < -0.39 is 0 Å². The zero-order valence-electron chi connectivity index (χ0n) is 19.5. The van der Waals surface area contributed by atoms with Gasteiger partial charge in [-0.3, -0.25) is 9.48 Å². The summed E-state index contributed by atoms with van der Waals surface area (Å²) in [4.78, 5) is 22.4. The highest BCUT2D eigenvalue weighted by Gasteiger charge is 2.32. The Bertz CT molecular complexity index is 1180. The van der Waals surface area contributed by atoms with Crippen molar-refractivity contribution in [2.45, 2.75) is 64.1 Å². The van der Waals surface area contributed by atoms with E-state index in [4.69, 9.17) is 9.47 Å². The van der Waals surface area contributed by atoms with Crippen molar-refractivity contribution in [3.8, 4) is 17.3 Å². The Morgan fingerprint density at radius 2 is 2.15 bits per heavy atom. The molecule has 5 rings (SSSR count). The lowest BCUT2D eigenvalue weighted by molar-refractivity contribution is -0.0709. The Hall–Kier alpha value is -3.20. The van der Waals surface area contributed by atoms with Crippen LogP contribution >= 0.6 is 0 Å². The number of amides is 1. The Morgan fingerprint density at radius 1 is 1.30 bits per heavy atom. The zero-order chi connectivity index (χ0) is 23.2. The highest BCUT2D eigenvalue weighted by molar-refractivity contribution is 6.05. The van der Waals surface area contributed by atoms with Gasteiger partial charge in [-0.15, -0.1) is 5.10 Å². The van der Waals surface area contributed by atoms with Gasteiger partial charge in [-0.2, -0.15) is 0 Å². The third-order valence-corrected chi connectivity index (χ3v) is 6.53. The van der Waals surface area contributed by atoms with Crippen LogP contribution in [0, 0.1) is 0 Å². The molecule has 2 aliphatic heterocycles. The largest absolute Gasteiger partial charge is 0.479 e. The van der Waals surface area contributed by atoms with Gasteiger partial charge in [0.15, 0.2) is 0 Å². The first-order valence-corrected chi connectivity index (χ1v) is 11.5. The minimum atomic E-state index is -0.305. The van der Waals surface area contributed by atoms with Crippen molar-refractivity contribution < 1.29 is 14.3 Å². The minimum absolute atomic E-state index is 0.150. The predicted molar refractivity (Wildman–Crippen MR) is 124 cm³/mol. The molecule has 0 radical (unpaired) electrons. The zero-order valence-corrected chi connectivity index (χ0v) is 19.5. The van der Waals surface area contributed by atoms with E-state index >= 15 is 0 Å². The molecule has 3 aromatic rings. The van der Waals surface area contributed by atoms with Crippen LogP contribution in [0.2, 0.25) is 0 Å². The molecule has 1 amide bonds. The third-order valence-electron chi connectivity index (χ3n) is 6.53. The summed E-state index contributed by atoms with van der Waals surface area (Å²) in [6, 6.07) is 6.15. The number of hydrogen-bond acceptors (Lipinski definition) is 6. The Labute approximate surface area is 193 Å². The molecule has 174 valence electrons. The van der Waals surface area contributed by atoms with Crippen molar-refractivity contribution >= 4 is 11.7 Å². The van der Waals surface area contributed by atoms with Crippen LogP contribution in [0.25, 0.3) is 11.4 Å². The molecule has 3 aromatic heterocycles. The second-order valence-corrected chi connectivity index (χ2v) is 9.47. The minimum Gasteiger partial charge on any atom is -0.479 e. The standard InChI is InChI=1S/C24H30N6O3/c1-15-8-9-21-25-13-19(30(15)21)18-6-5-7-20(26-18)27-22(31)17-14-29(28-23(17)32-4)16-10-11-33-24(2,3)12-16/h5-7,13-16H,8-12H2,1-4H3,(H,26,27,31)/t15-,16?/m0/s1. The van der Waals surface area contributed by atoms with Crippen LogP contribution in [0.4, 0.5) is 5.82 Å². The van der Waals surface area contributed by atoms with E-state index in [1.165, 1.54) is 7.11 Å². The highest BCUT2D eigenvalue weighted by Crippen LogP contribution is 2.34. The number of anilines is 1. The van der Waals surface area contributed by atoms with E-state index in [-0.39, 0.29) is 17.6 Å². The number of rotatable bonds is 5. The number of imidazole rings is 1. The summed E-state index contributed by atoms with van der Waals surface area (Å²) in [7, 11) is 1.53. The van der Waals surface area contributed by atoms with Crippen molar-refractivity contribution in [3.63, 3.8) is 0 Å². The first kappa shape index (κ1) is 21.6. The maximum absolute atomic E-state index is 13.1. The van der Waals surface area contributed by atoms with Crippen LogP contribution in [0.1, 0.15) is 68.3 Å². The fourth-order valence-corrected chi connectivity index (χ4v) is 4.86. The Kier molecular flexibility index (Phi) is 5.44. The summed E-state index contributed by atoms with van der Waals surface area (Å²) in [5.41, 5.74) is 1.92. The molecule has 2 atom stereocenters. The first-order valence-electron chi connectivity index (χ1n) is 11.5. The molecule has 9 heteroatoms. The summed E-state index contributed by atoms with van der Waals surface area (Å²) in [5, 5.41) is 7.44. The van der Waals surface area contributed by atoms with E-state index in [0.29, 0.717) is 29.9 Å². The van der Waals surface area contributed by atoms with Gasteiger partial charge in [-0.05, 0) is 52.2 Å². The van der Waals surface area contributed by atoms with Gasteiger partial charge in [-0.25, -0.2) is 9.97 Å². The number of pyridine rings is 1. The molecule has 9 nitrogen and oxygen atoms in total. The Morgan fingerprint density at radius 3 is 2.94 bits per heavy atom. The fraction of sp³-hybridized carbons (Fsp3) is 0.500. The average molecular weight is 451 g/mol. The van der Waals surface area contributed by atoms with Gasteiger partial charge < -0.3 is 19.4 Å². The number of carbonyl (C=O) groups excluding carboxylic acids is 1. The van der Waals surface area contributed by atoms with Gasteiger partial charge in [-0.1, -0.05) is 6.07 Å². The molecule has 1 N–H and O–H groups in total. The molecule has 2 aliphatic rings. The summed E-state index contributed by atoms with van der Waals surface area (Å²) in [6.07, 6.45) is 7.34. The maximum atomic E-state index is 13.1. The van der Waals surface area contributed by atoms with Crippen molar-refractivity contribution in [3.05, 3.63) is 42.0 Å². The molecule has 0 aromatic carbocycles. The van der Waals surface area contributed by atoms with Gasteiger partial charge >= 0.3 is 0 Å². The van der Waals surface area contributed by atoms with Crippen LogP contribution in [-0.2, 0) is 11.2 Å².